The number of carbonyl (C=O) groups is 2. The van der Waals surface area contributed by atoms with Crippen molar-refractivity contribution < 1.29 is 31.7 Å². The molecule has 0 bridgehead atoms. The number of nitrogens with zero attached hydrogens (tertiary/aromatic N) is 2. The van der Waals surface area contributed by atoms with Crippen LogP contribution in [-0.2, 0) is 17.5 Å². The van der Waals surface area contributed by atoms with E-state index in [1.54, 1.807) is 6.92 Å². The standard InChI is InChI=1S/C20H22F4N4O3/c1-10-16(11(2)31-27-10)9-28-4-3-15(18(28)25)17(29)8-26-19(30)12-5-13(20(22,23)24)7-14(21)6-12/h5-7,15,18H,3-4,8-9,25H2,1-2H3,(H,26,30). The molecule has 7 nitrogen and oxygen atoms in total. The van der Waals surface area contributed by atoms with E-state index in [-0.39, 0.29) is 5.78 Å². The Morgan fingerprint density at radius 3 is 2.61 bits per heavy atom. The summed E-state index contributed by atoms with van der Waals surface area (Å²) >= 11 is 0. The van der Waals surface area contributed by atoms with Crippen molar-refractivity contribution in [1.82, 2.24) is 15.4 Å². The summed E-state index contributed by atoms with van der Waals surface area (Å²) in [6.07, 6.45) is -4.92. The number of halogens is 4. The van der Waals surface area contributed by atoms with Gasteiger partial charge in [0.2, 0.25) is 0 Å². The van der Waals surface area contributed by atoms with Crippen LogP contribution in [0.1, 0.15) is 39.4 Å². The number of nitrogens with two attached hydrogens (primary N) is 1. The molecule has 3 rings (SSSR count). The number of nitrogens with one attached hydrogen (secondary N) is 1. The van der Waals surface area contributed by atoms with Crippen molar-refractivity contribution >= 4 is 11.7 Å². The molecule has 11 heteroatoms. The van der Waals surface area contributed by atoms with Gasteiger partial charge in [0, 0.05) is 30.1 Å². The van der Waals surface area contributed by atoms with E-state index in [1.807, 2.05) is 11.8 Å². The molecule has 1 saturated heterocycles. The van der Waals surface area contributed by atoms with Crippen LogP contribution in [0.2, 0.25) is 0 Å². The third-order valence-corrected chi connectivity index (χ3v) is 5.43. The molecule has 0 radical (unpaired) electrons. The predicted octanol–water partition coefficient (Wildman–Crippen LogP) is 2.56. The molecule has 1 fully saturated rings. The Labute approximate surface area is 175 Å². The molecule has 0 spiro atoms. The van der Waals surface area contributed by atoms with Gasteiger partial charge in [0.05, 0.1) is 24.0 Å². The molecular weight excluding hydrogens is 420 g/mol. The highest BCUT2D eigenvalue weighted by Crippen LogP contribution is 2.30. The van der Waals surface area contributed by atoms with Crippen LogP contribution in [0.4, 0.5) is 17.6 Å². The number of hydrogen-bond acceptors (Lipinski definition) is 6. The second-order valence-corrected chi connectivity index (χ2v) is 7.53. The molecule has 168 valence electrons. The molecule has 2 aromatic rings. The van der Waals surface area contributed by atoms with Gasteiger partial charge in [-0.1, -0.05) is 5.16 Å². The maximum atomic E-state index is 13.5. The molecule has 1 aliphatic rings. The summed E-state index contributed by atoms with van der Waals surface area (Å²) in [5.41, 5.74) is 6.04. The number of likely N-dealkylation sites (tertiary alicyclic amines) is 1. The average Bonchev–Trinajstić information content (AvgIpc) is 3.21. The van der Waals surface area contributed by atoms with E-state index in [1.165, 1.54) is 0 Å². The largest absolute Gasteiger partial charge is 0.416 e. The molecule has 1 amide bonds. The SMILES string of the molecule is Cc1noc(C)c1CN1CCC(C(=O)CNC(=O)c2cc(F)cc(C(F)(F)F)c2)C1N. The van der Waals surface area contributed by atoms with Crippen LogP contribution in [0.5, 0.6) is 0 Å². The van der Waals surface area contributed by atoms with Gasteiger partial charge in [-0.3, -0.25) is 14.5 Å². The zero-order valence-corrected chi connectivity index (χ0v) is 16.9. The van der Waals surface area contributed by atoms with Gasteiger partial charge in [-0.25, -0.2) is 4.39 Å². The fraction of sp³-hybridized carbons (Fsp3) is 0.450. The van der Waals surface area contributed by atoms with Gasteiger partial charge < -0.3 is 15.6 Å². The fourth-order valence-corrected chi connectivity index (χ4v) is 3.63. The first kappa shape index (κ1) is 22.9. The lowest BCUT2D eigenvalue weighted by atomic mass is 10.0. The van der Waals surface area contributed by atoms with Crippen molar-refractivity contribution in [3.05, 3.63) is 52.2 Å². The van der Waals surface area contributed by atoms with Gasteiger partial charge in [-0.05, 0) is 38.5 Å². The summed E-state index contributed by atoms with van der Waals surface area (Å²) in [7, 11) is 0. The number of amides is 1. The van der Waals surface area contributed by atoms with Crippen molar-refractivity contribution in [3.8, 4) is 0 Å². The lowest BCUT2D eigenvalue weighted by Gasteiger charge is -2.23. The quantitative estimate of drug-likeness (QED) is 0.667. The predicted molar refractivity (Wildman–Crippen MR) is 101 cm³/mol. The van der Waals surface area contributed by atoms with E-state index in [0.29, 0.717) is 43.5 Å². The first-order chi connectivity index (χ1) is 14.5. The van der Waals surface area contributed by atoms with Crippen LogP contribution in [0.15, 0.2) is 22.7 Å². The molecule has 0 saturated carbocycles. The number of hydrogen-bond donors (Lipinski definition) is 2. The Morgan fingerprint density at radius 2 is 2.00 bits per heavy atom. The van der Waals surface area contributed by atoms with Crippen molar-refractivity contribution in [2.24, 2.45) is 11.7 Å². The lowest BCUT2D eigenvalue weighted by Crippen LogP contribution is -2.45. The normalized spacial score (nSPS) is 19.6. The number of ketones is 1. The molecule has 2 atom stereocenters. The summed E-state index contributed by atoms with van der Waals surface area (Å²) in [6.45, 7) is 4.18. The Morgan fingerprint density at radius 1 is 1.29 bits per heavy atom. The average molecular weight is 442 g/mol. The molecular formula is C20H22F4N4O3. The summed E-state index contributed by atoms with van der Waals surface area (Å²) in [5.74, 6) is -2.41. The van der Waals surface area contributed by atoms with Crippen molar-refractivity contribution in [3.63, 3.8) is 0 Å². The first-order valence-corrected chi connectivity index (χ1v) is 9.57. The van der Waals surface area contributed by atoms with Crippen molar-refractivity contribution in [1.29, 1.82) is 0 Å². The van der Waals surface area contributed by atoms with E-state index in [0.717, 1.165) is 11.3 Å². The van der Waals surface area contributed by atoms with Crippen LogP contribution >= 0.6 is 0 Å². The molecule has 2 unspecified atom stereocenters. The summed E-state index contributed by atoms with van der Waals surface area (Å²) < 4.78 is 57.1. The van der Waals surface area contributed by atoms with Crippen LogP contribution in [0.25, 0.3) is 0 Å². The van der Waals surface area contributed by atoms with Crippen LogP contribution in [0, 0.1) is 25.6 Å². The van der Waals surface area contributed by atoms with Crippen LogP contribution in [0.3, 0.4) is 0 Å². The third kappa shape index (κ3) is 5.10. The maximum Gasteiger partial charge on any atom is 0.416 e. The highest BCUT2D eigenvalue weighted by molar-refractivity contribution is 5.97. The van der Waals surface area contributed by atoms with E-state index in [2.05, 4.69) is 10.5 Å². The number of alkyl halides is 3. The van der Waals surface area contributed by atoms with Gasteiger partial charge in [0.25, 0.3) is 5.91 Å². The van der Waals surface area contributed by atoms with E-state index in [4.69, 9.17) is 10.3 Å². The number of rotatable bonds is 6. The van der Waals surface area contributed by atoms with Gasteiger partial charge in [0.1, 0.15) is 11.6 Å². The Kier molecular flexibility index (Phi) is 6.46. The first-order valence-electron chi connectivity index (χ1n) is 9.57. The molecule has 2 heterocycles. The maximum absolute atomic E-state index is 13.5. The Balaban J connectivity index is 1.60. The van der Waals surface area contributed by atoms with Crippen LogP contribution < -0.4 is 11.1 Å². The second-order valence-electron chi connectivity index (χ2n) is 7.53. The second kappa shape index (κ2) is 8.75. The van der Waals surface area contributed by atoms with Crippen LogP contribution in [-0.4, -0.2) is 41.0 Å². The minimum absolute atomic E-state index is 0.299. The summed E-state index contributed by atoms with van der Waals surface area (Å²) in [4.78, 5) is 26.6. The fourth-order valence-electron chi connectivity index (χ4n) is 3.63. The summed E-state index contributed by atoms with van der Waals surface area (Å²) in [5, 5.41) is 6.15. The molecule has 1 aromatic carbocycles. The van der Waals surface area contributed by atoms with Gasteiger partial charge >= 0.3 is 6.18 Å². The smallest absolute Gasteiger partial charge is 0.361 e. The number of benzene rings is 1. The monoisotopic (exact) mass is 442 g/mol. The number of aryl methyl sites for hydroxylation is 2. The minimum atomic E-state index is -4.80. The van der Waals surface area contributed by atoms with E-state index < -0.39 is 47.7 Å². The van der Waals surface area contributed by atoms with Gasteiger partial charge in [-0.2, -0.15) is 13.2 Å². The molecule has 1 aliphatic heterocycles. The minimum Gasteiger partial charge on any atom is -0.361 e. The summed E-state index contributed by atoms with van der Waals surface area (Å²) in [6, 6.07) is 1.52. The topological polar surface area (TPSA) is 101 Å². The van der Waals surface area contributed by atoms with E-state index >= 15 is 0 Å². The lowest BCUT2D eigenvalue weighted by molar-refractivity contribution is -0.137. The van der Waals surface area contributed by atoms with Crippen molar-refractivity contribution in [2.75, 3.05) is 13.1 Å². The Hall–Kier alpha value is -2.79. The highest BCUT2D eigenvalue weighted by atomic mass is 19.4. The molecule has 31 heavy (non-hydrogen) atoms. The highest BCUT2D eigenvalue weighted by Gasteiger charge is 2.37. The third-order valence-electron chi connectivity index (χ3n) is 5.43. The number of carbonyl (C=O) groups excluding carboxylic acids is 2. The zero-order chi connectivity index (χ0) is 22.9. The van der Waals surface area contributed by atoms with Gasteiger partial charge in [-0.15, -0.1) is 0 Å². The number of aromatic nitrogens is 1. The zero-order valence-electron chi connectivity index (χ0n) is 16.9. The van der Waals surface area contributed by atoms with E-state index in [9.17, 15) is 27.2 Å². The molecule has 3 N–H and O–H groups in total. The number of Topliss-reactive ketones (excluding diaryl/α,β-unsaturated/α-hetero) is 1. The van der Waals surface area contributed by atoms with Gasteiger partial charge in [0.15, 0.2) is 5.78 Å². The molecule has 1 aromatic heterocycles. The van der Waals surface area contributed by atoms with Crippen molar-refractivity contribution in [2.45, 2.75) is 39.2 Å². The Bertz CT molecular complexity index is 970. The molecule has 0 aliphatic carbocycles.